The molecule has 4 rings (SSSR count). The van der Waals surface area contributed by atoms with Gasteiger partial charge in [-0.2, -0.15) is 0 Å². The number of rotatable bonds is 0. The monoisotopic (exact) mass is 313 g/mol. The number of fused-ring (bicyclic) bond motifs is 5. The Kier molecular flexibility index (Phi) is 3.28. The second-order valence-electron chi connectivity index (χ2n) is 6.20. The van der Waals surface area contributed by atoms with Crippen LogP contribution in [0.3, 0.4) is 0 Å². The van der Waals surface area contributed by atoms with Crippen molar-refractivity contribution >= 4 is 28.7 Å². The molecule has 0 amide bonds. The number of hydrogen-bond acceptors (Lipinski definition) is 3. The Bertz CT molecular complexity index is 715. The van der Waals surface area contributed by atoms with E-state index in [9.17, 15) is 0 Å². The van der Waals surface area contributed by atoms with Gasteiger partial charge in [-0.3, -0.25) is 0 Å². The number of hydrogen-bond donors (Lipinski definition) is 1. The molecule has 2 aliphatic rings. The molecule has 4 heteroatoms. The van der Waals surface area contributed by atoms with E-state index in [4.69, 9.17) is 17.3 Å². The average Bonchev–Trinajstić information content (AvgIpc) is 2.63. The Balaban J connectivity index is 1.99. The quantitative estimate of drug-likeness (QED) is 0.795. The van der Waals surface area contributed by atoms with E-state index in [0.717, 1.165) is 24.4 Å². The molecule has 0 unspecified atom stereocenters. The van der Waals surface area contributed by atoms with Gasteiger partial charge in [0.15, 0.2) is 0 Å². The molecule has 1 saturated heterocycles. The third kappa shape index (κ3) is 2.00. The summed E-state index contributed by atoms with van der Waals surface area (Å²) >= 11 is 6.28. The molecule has 2 aromatic carbocycles. The minimum atomic E-state index is 0.147. The van der Waals surface area contributed by atoms with Crippen LogP contribution in [0.5, 0.6) is 0 Å². The van der Waals surface area contributed by atoms with Crippen molar-refractivity contribution in [1.82, 2.24) is 0 Å². The van der Waals surface area contributed by atoms with Gasteiger partial charge in [0.05, 0.1) is 17.4 Å². The first kappa shape index (κ1) is 13.9. The highest BCUT2D eigenvalue weighted by molar-refractivity contribution is 6.31. The highest BCUT2D eigenvalue weighted by atomic mass is 35.5. The molecule has 3 nitrogen and oxygen atoms in total. The van der Waals surface area contributed by atoms with E-state index in [0.29, 0.717) is 0 Å². The Hall–Kier alpha value is -1.71. The lowest BCUT2D eigenvalue weighted by Gasteiger charge is -2.41. The van der Waals surface area contributed by atoms with Crippen LogP contribution in [-0.2, 0) is 0 Å². The molecule has 0 saturated carbocycles. The van der Waals surface area contributed by atoms with Crippen molar-refractivity contribution < 1.29 is 0 Å². The second kappa shape index (κ2) is 5.18. The van der Waals surface area contributed by atoms with Crippen LogP contribution in [0.1, 0.15) is 24.4 Å². The Morgan fingerprint density at radius 2 is 1.91 bits per heavy atom. The number of nitrogens with two attached hydrogens (primary N) is 1. The van der Waals surface area contributed by atoms with Crippen molar-refractivity contribution in [2.24, 2.45) is 5.73 Å². The molecule has 114 valence electrons. The van der Waals surface area contributed by atoms with E-state index in [2.05, 4.69) is 53.2 Å². The molecule has 2 atom stereocenters. The first-order valence-corrected chi connectivity index (χ1v) is 8.19. The fourth-order valence-corrected chi connectivity index (χ4v) is 4.04. The van der Waals surface area contributed by atoms with Crippen LogP contribution < -0.4 is 15.5 Å². The number of benzene rings is 2. The van der Waals surface area contributed by atoms with Gasteiger partial charge in [-0.15, -0.1) is 0 Å². The summed E-state index contributed by atoms with van der Waals surface area (Å²) in [6.07, 6.45) is 2.19. The third-order valence-electron chi connectivity index (χ3n) is 4.90. The summed E-state index contributed by atoms with van der Waals surface area (Å²) in [5, 5.41) is 0.774. The van der Waals surface area contributed by atoms with Crippen molar-refractivity contribution in [3.8, 4) is 0 Å². The normalized spacial score (nSPS) is 23.4. The van der Waals surface area contributed by atoms with Gasteiger partial charge in [-0.1, -0.05) is 29.8 Å². The molecule has 0 aliphatic carbocycles. The van der Waals surface area contributed by atoms with Gasteiger partial charge in [-0.25, -0.2) is 0 Å². The minimum Gasteiger partial charge on any atom is -0.361 e. The van der Waals surface area contributed by atoms with Crippen LogP contribution in [0, 0.1) is 0 Å². The van der Waals surface area contributed by atoms with Crippen molar-refractivity contribution in [2.45, 2.75) is 24.9 Å². The van der Waals surface area contributed by atoms with Gasteiger partial charge in [0.2, 0.25) is 0 Å². The molecule has 0 spiro atoms. The topological polar surface area (TPSA) is 32.5 Å². The Morgan fingerprint density at radius 3 is 2.77 bits per heavy atom. The molecule has 0 aromatic heterocycles. The zero-order valence-electron chi connectivity index (χ0n) is 12.7. The summed E-state index contributed by atoms with van der Waals surface area (Å²) in [5.41, 5.74) is 11.4. The van der Waals surface area contributed by atoms with Gasteiger partial charge in [0, 0.05) is 30.3 Å². The minimum absolute atomic E-state index is 0.147. The van der Waals surface area contributed by atoms with Gasteiger partial charge >= 0.3 is 0 Å². The molecule has 2 aliphatic heterocycles. The highest BCUT2D eigenvalue weighted by Gasteiger charge is 2.36. The maximum Gasteiger partial charge on any atom is 0.0714 e. The summed E-state index contributed by atoms with van der Waals surface area (Å²) in [4.78, 5) is 4.70. The first-order chi connectivity index (χ1) is 10.7. The third-order valence-corrected chi connectivity index (χ3v) is 5.14. The predicted octanol–water partition coefficient (Wildman–Crippen LogP) is 4.09. The van der Waals surface area contributed by atoms with Crippen LogP contribution >= 0.6 is 11.6 Å². The zero-order valence-corrected chi connectivity index (χ0v) is 13.4. The summed E-state index contributed by atoms with van der Waals surface area (Å²) in [5.74, 6) is 0. The van der Waals surface area contributed by atoms with Gasteiger partial charge in [0.1, 0.15) is 0 Å². The maximum atomic E-state index is 6.52. The smallest absolute Gasteiger partial charge is 0.0714 e. The lowest BCUT2D eigenvalue weighted by Crippen LogP contribution is -2.45. The molecule has 2 N–H and O–H groups in total. The van der Waals surface area contributed by atoms with E-state index < -0.39 is 0 Å². The van der Waals surface area contributed by atoms with Gasteiger partial charge in [0.25, 0.3) is 0 Å². The lowest BCUT2D eigenvalue weighted by molar-refractivity contribution is 0.411. The number of nitrogens with zero attached hydrogens (tertiary/aromatic N) is 2. The van der Waals surface area contributed by atoms with Crippen LogP contribution in [-0.4, -0.2) is 19.6 Å². The SMILES string of the molecule is CN1c2ccccc2[C@@H]2[C@@H](N)CCCN2c2cc(Cl)ccc21. The van der Waals surface area contributed by atoms with Gasteiger partial charge in [-0.05, 0) is 42.7 Å². The van der Waals surface area contributed by atoms with E-state index in [1.54, 1.807) is 0 Å². The van der Waals surface area contributed by atoms with Crippen molar-refractivity contribution in [3.05, 3.63) is 53.1 Å². The molecule has 2 aromatic rings. The summed E-state index contributed by atoms with van der Waals surface area (Å²) < 4.78 is 0. The van der Waals surface area contributed by atoms with Crippen molar-refractivity contribution in [3.63, 3.8) is 0 Å². The summed E-state index contributed by atoms with van der Waals surface area (Å²) in [7, 11) is 2.12. The second-order valence-corrected chi connectivity index (χ2v) is 6.63. The first-order valence-electron chi connectivity index (χ1n) is 7.81. The average molecular weight is 314 g/mol. The largest absolute Gasteiger partial charge is 0.361 e. The maximum absolute atomic E-state index is 6.52. The number of para-hydroxylation sites is 1. The lowest BCUT2D eigenvalue weighted by atomic mass is 9.90. The molecule has 0 bridgehead atoms. The number of halogens is 1. The van der Waals surface area contributed by atoms with Crippen LogP contribution in [0.2, 0.25) is 5.02 Å². The molecule has 2 heterocycles. The number of piperidine rings is 1. The molecule has 22 heavy (non-hydrogen) atoms. The molecule has 1 fully saturated rings. The fourth-order valence-electron chi connectivity index (χ4n) is 3.88. The van der Waals surface area contributed by atoms with Gasteiger partial charge < -0.3 is 15.5 Å². The Morgan fingerprint density at radius 1 is 1.09 bits per heavy atom. The molecular formula is C18H20ClN3. The number of anilines is 3. The molecule has 0 radical (unpaired) electrons. The fraction of sp³-hybridized carbons (Fsp3) is 0.333. The molecular weight excluding hydrogens is 294 g/mol. The van der Waals surface area contributed by atoms with Crippen molar-refractivity contribution in [1.29, 1.82) is 0 Å². The van der Waals surface area contributed by atoms with E-state index in [-0.39, 0.29) is 12.1 Å². The summed E-state index contributed by atoms with van der Waals surface area (Å²) in [6.45, 7) is 1.02. The van der Waals surface area contributed by atoms with Crippen LogP contribution in [0.4, 0.5) is 17.1 Å². The van der Waals surface area contributed by atoms with Crippen LogP contribution in [0.15, 0.2) is 42.5 Å². The highest BCUT2D eigenvalue weighted by Crippen LogP contribution is 2.47. The van der Waals surface area contributed by atoms with Crippen LogP contribution in [0.25, 0.3) is 0 Å². The van der Waals surface area contributed by atoms with E-state index in [1.807, 2.05) is 6.07 Å². The standard InChI is InChI=1S/C18H20ClN3/c1-21-15-7-3-2-5-13(15)18-14(20)6-4-10-22(18)17-11-12(19)8-9-16(17)21/h2-3,5,7-9,11,14,18H,4,6,10,20H2,1H3/t14-,18+/m0/s1. The Labute approximate surface area is 136 Å². The van der Waals surface area contributed by atoms with E-state index in [1.165, 1.54) is 22.6 Å². The zero-order chi connectivity index (χ0) is 15.3. The predicted molar refractivity (Wildman–Crippen MR) is 93.3 cm³/mol. The summed E-state index contributed by atoms with van der Waals surface area (Å²) in [6, 6.07) is 15.1. The van der Waals surface area contributed by atoms with E-state index >= 15 is 0 Å². The van der Waals surface area contributed by atoms with Crippen molar-refractivity contribution in [2.75, 3.05) is 23.4 Å².